The van der Waals surface area contributed by atoms with Gasteiger partial charge in [0.25, 0.3) is 0 Å². The maximum absolute atomic E-state index is 11.6. The molecule has 26 heavy (non-hydrogen) atoms. The number of rotatable bonds is 5. The topological polar surface area (TPSA) is 73.3 Å². The van der Waals surface area contributed by atoms with E-state index in [2.05, 4.69) is 25.5 Å². The number of halogens is 1. The highest BCUT2D eigenvalue weighted by Crippen LogP contribution is 2.30. The lowest BCUT2D eigenvalue weighted by atomic mass is 10.1. The molecule has 0 saturated heterocycles. The van der Waals surface area contributed by atoms with Crippen molar-refractivity contribution in [2.24, 2.45) is 0 Å². The summed E-state index contributed by atoms with van der Waals surface area (Å²) in [5.74, 6) is 3.09. The van der Waals surface area contributed by atoms with Gasteiger partial charge in [0, 0.05) is 28.3 Å². The molecule has 0 fully saturated rings. The first-order valence-electron chi connectivity index (χ1n) is 7.61. The molecule has 0 amide bonds. The van der Waals surface area contributed by atoms with E-state index < -0.39 is 5.97 Å². The molecule has 7 heteroatoms. The van der Waals surface area contributed by atoms with Gasteiger partial charge < -0.3 is 14.3 Å². The third-order valence-corrected chi connectivity index (χ3v) is 3.92. The highest BCUT2D eigenvalue weighted by Gasteiger charge is 2.14. The molecule has 3 rings (SSSR count). The van der Waals surface area contributed by atoms with E-state index in [9.17, 15) is 4.79 Å². The lowest BCUT2D eigenvalue weighted by Crippen LogP contribution is -2.05. The third-order valence-electron chi connectivity index (χ3n) is 3.75. The number of fused-ring (bicyclic) bond motifs is 1. The molecule has 1 aromatic heterocycles. The number of anilines is 2. The van der Waals surface area contributed by atoms with Crippen LogP contribution in [0.5, 0.6) is 5.75 Å². The van der Waals surface area contributed by atoms with Crippen LogP contribution in [0.3, 0.4) is 0 Å². The minimum absolute atomic E-state index is 0.0382. The van der Waals surface area contributed by atoms with Crippen molar-refractivity contribution in [1.82, 2.24) is 9.97 Å². The van der Waals surface area contributed by atoms with Gasteiger partial charge in [-0.05, 0) is 24.3 Å². The van der Waals surface area contributed by atoms with Gasteiger partial charge in [0.15, 0.2) is 0 Å². The van der Waals surface area contributed by atoms with Gasteiger partial charge in [-0.1, -0.05) is 12.0 Å². The van der Waals surface area contributed by atoms with Gasteiger partial charge in [0.1, 0.15) is 29.8 Å². The molecule has 6 nitrogen and oxygen atoms in total. The van der Waals surface area contributed by atoms with Gasteiger partial charge in [-0.15, -0.1) is 6.42 Å². The number of terminal acetylenes is 1. The first-order valence-corrected chi connectivity index (χ1v) is 7.92. The molecular formula is C19H14ClN3O3. The predicted octanol–water partition coefficient (Wildman–Crippen LogP) is 3.60. The summed E-state index contributed by atoms with van der Waals surface area (Å²) in [4.78, 5) is 20.1. The largest absolute Gasteiger partial charge is 0.496 e. The van der Waals surface area contributed by atoms with Crippen molar-refractivity contribution in [1.29, 1.82) is 0 Å². The van der Waals surface area contributed by atoms with Crippen LogP contribution in [0.15, 0.2) is 42.7 Å². The van der Waals surface area contributed by atoms with Crippen molar-refractivity contribution >= 4 is 40.2 Å². The van der Waals surface area contributed by atoms with E-state index in [-0.39, 0.29) is 6.42 Å². The van der Waals surface area contributed by atoms with Gasteiger partial charge in [-0.3, -0.25) is 4.79 Å². The summed E-state index contributed by atoms with van der Waals surface area (Å²) in [6, 6.07) is 10.9. The van der Waals surface area contributed by atoms with E-state index in [4.69, 9.17) is 23.0 Å². The average Bonchev–Trinajstić information content (AvgIpc) is 2.68. The molecule has 0 aliphatic heterocycles. The van der Waals surface area contributed by atoms with Crippen LogP contribution in [0.1, 0.15) is 11.1 Å². The Morgan fingerprint density at radius 1 is 1.31 bits per heavy atom. The zero-order valence-corrected chi connectivity index (χ0v) is 14.6. The van der Waals surface area contributed by atoms with Gasteiger partial charge in [0.2, 0.25) is 0 Å². The smallest absolute Gasteiger partial charge is 0.329 e. The number of nitrogens with zero attached hydrogens (tertiary/aromatic N) is 2. The van der Waals surface area contributed by atoms with Crippen LogP contribution in [0.2, 0.25) is 0 Å². The zero-order chi connectivity index (χ0) is 18.5. The highest BCUT2D eigenvalue weighted by atomic mass is 35.5. The first kappa shape index (κ1) is 17.5. The quantitative estimate of drug-likeness (QED) is 0.694. The Morgan fingerprint density at radius 3 is 2.88 bits per heavy atom. The van der Waals surface area contributed by atoms with Crippen LogP contribution in [0, 0.1) is 12.3 Å². The van der Waals surface area contributed by atoms with E-state index in [0.29, 0.717) is 22.6 Å². The fourth-order valence-corrected chi connectivity index (χ4v) is 2.62. The summed E-state index contributed by atoms with van der Waals surface area (Å²) in [7, 11) is 1.52. The minimum atomic E-state index is -0.586. The summed E-state index contributed by atoms with van der Waals surface area (Å²) in [5, 5.41) is 3.94. The summed E-state index contributed by atoms with van der Waals surface area (Å²) >= 11 is 5.14. The number of methoxy groups -OCH3 is 1. The SMILES string of the molecule is C#Cc1cccc(Nc2ncnc3cc(OC)c(CC(=O)OCl)cc23)c1. The summed E-state index contributed by atoms with van der Waals surface area (Å²) in [6.45, 7) is 0. The standard InChI is InChI=1S/C19H14ClN3O3/c1-3-12-5-4-6-14(7-12)23-19-15-8-13(9-18(24)26-20)17(25-2)10-16(15)21-11-22-19/h1,4-8,10-11H,9H2,2H3,(H,21,22,23). The molecule has 0 radical (unpaired) electrons. The van der Waals surface area contributed by atoms with Crippen molar-refractivity contribution in [2.75, 3.05) is 12.4 Å². The number of carbonyl (C=O) groups excluding carboxylic acids is 1. The molecule has 0 saturated carbocycles. The van der Waals surface area contributed by atoms with E-state index in [1.807, 2.05) is 24.3 Å². The second-order valence-electron chi connectivity index (χ2n) is 5.38. The molecule has 1 heterocycles. The number of aromatic nitrogens is 2. The van der Waals surface area contributed by atoms with E-state index >= 15 is 0 Å². The number of benzene rings is 2. The van der Waals surface area contributed by atoms with Gasteiger partial charge in [-0.2, -0.15) is 0 Å². The van der Waals surface area contributed by atoms with Gasteiger partial charge in [0.05, 0.1) is 19.0 Å². The Morgan fingerprint density at radius 2 is 2.15 bits per heavy atom. The Labute approximate surface area is 155 Å². The normalized spacial score (nSPS) is 10.2. The number of hydrogen-bond acceptors (Lipinski definition) is 6. The zero-order valence-electron chi connectivity index (χ0n) is 13.8. The van der Waals surface area contributed by atoms with Crippen molar-refractivity contribution in [3.8, 4) is 18.1 Å². The van der Waals surface area contributed by atoms with Crippen molar-refractivity contribution in [3.63, 3.8) is 0 Å². The summed E-state index contributed by atoms with van der Waals surface area (Å²) < 4.78 is 9.56. The number of carbonyl (C=O) groups is 1. The molecule has 0 aliphatic carbocycles. The maximum Gasteiger partial charge on any atom is 0.329 e. The Bertz CT molecular complexity index is 1010. The fourth-order valence-electron chi connectivity index (χ4n) is 2.56. The molecule has 0 aliphatic rings. The van der Waals surface area contributed by atoms with Crippen LogP contribution in [0.4, 0.5) is 11.5 Å². The lowest BCUT2D eigenvalue weighted by Gasteiger charge is -2.12. The molecule has 130 valence electrons. The Balaban J connectivity index is 2.06. The molecule has 3 aromatic rings. The first-order chi connectivity index (χ1) is 12.6. The monoisotopic (exact) mass is 367 g/mol. The van der Waals surface area contributed by atoms with Crippen molar-refractivity contribution in [3.05, 3.63) is 53.9 Å². The molecule has 1 N–H and O–H groups in total. The molecule has 0 unspecified atom stereocenters. The predicted molar refractivity (Wildman–Crippen MR) is 99.4 cm³/mol. The van der Waals surface area contributed by atoms with E-state index in [1.54, 1.807) is 12.1 Å². The molecule has 0 atom stereocenters. The Kier molecular flexibility index (Phi) is 5.20. The molecule has 2 aromatic carbocycles. The Hall–Kier alpha value is -3.30. The molecule has 0 bridgehead atoms. The average molecular weight is 368 g/mol. The summed E-state index contributed by atoms with van der Waals surface area (Å²) in [5.41, 5.74) is 2.81. The van der Waals surface area contributed by atoms with E-state index in [1.165, 1.54) is 13.4 Å². The van der Waals surface area contributed by atoms with Crippen LogP contribution in [0.25, 0.3) is 10.9 Å². The second-order valence-corrected chi connectivity index (χ2v) is 5.53. The summed E-state index contributed by atoms with van der Waals surface area (Å²) in [6.07, 6.45) is 6.85. The number of nitrogens with one attached hydrogen (secondary N) is 1. The highest BCUT2D eigenvalue weighted by molar-refractivity contribution is 6.13. The van der Waals surface area contributed by atoms with Gasteiger partial charge >= 0.3 is 5.97 Å². The van der Waals surface area contributed by atoms with Crippen LogP contribution < -0.4 is 10.1 Å². The van der Waals surface area contributed by atoms with E-state index in [0.717, 1.165) is 16.6 Å². The van der Waals surface area contributed by atoms with Crippen molar-refractivity contribution in [2.45, 2.75) is 6.42 Å². The fraction of sp³-hybridized carbons (Fsp3) is 0.105. The van der Waals surface area contributed by atoms with Crippen LogP contribution in [-0.2, 0) is 15.5 Å². The lowest BCUT2D eigenvalue weighted by molar-refractivity contribution is -0.133. The van der Waals surface area contributed by atoms with Crippen molar-refractivity contribution < 1.29 is 13.8 Å². The maximum atomic E-state index is 11.6. The number of hydrogen-bond donors (Lipinski definition) is 1. The van der Waals surface area contributed by atoms with Gasteiger partial charge in [-0.25, -0.2) is 9.97 Å². The minimum Gasteiger partial charge on any atom is -0.496 e. The second kappa shape index (κ2) is 7.72. The molecule has 0 spiro atoms. The van der Waals surface area contributed by atoms with Crippen LogP contribution in [-0.4, -0.2) is 23.0 Å². The third kappa shape index (κ3) is 3.68. The molecular weight excluding hydrogens is 354 g/mol. The van der Waals surface area contributed by atoms with Crippen LogP contribution >= 0.6 is 11.9 Å². The number of ether oxygens (including phenoxy) is 1.